The molecule has 3 nitrogen and oxygen atoms in total. The van der Waals surface area contributed by atoms with Gasteiger partial charge in [-0.25, -0.2) is 0 Å². The fourth-order valence-electron chi connectivity index (χ4n) is 2.29. The average Bonchev–Trinajstić information content (AvgIpc) is 2.39. The molecule has 0 spiro atoms. The van der Waals surface area contributed by atoms with Crippen molar-refractivity contribution < 1.29 is 9.84 Å². The number of aryl methyl sites for hydroxylation is 2. The van der Waals surface area contributed by atoms with Crippen molar-refractivity contribution in [3.63, 3.8) is 0 Å². The maximum atomic E-state index is 9.99. The first-order valence-electron chi connectivity index (χ1n) is 7.99. The summed E-state index contributed by atoms with van der Waals surface area (Å²) in [4.78, 5) is 0. The fraction of sp³-hybridized carbons (Fsp3) is 0.667. The van der Waals surface area contributed by atoms with E-state index in [2.05, 4.69) is 32.2 Å². The van der Waals surface area contributed by atoms with E-state index in [1.54, 1.807) is 0 Å². The molecule has 2 atom stereocenters. The van der Waals surface area contributed by atoms with Crippen molar-refractivity contribution in [2.45, 2.75) is 59.6 Å². The van der Waals surface area contributed by atoms with Gasteiger partial charge >= 0.3 is 0 Å². The summed E-state index contributed by atoms with van der Waals surface area (Å²) in [5, 5.41) is 13.4. The van der Waals surface area contributed by atoms with Crippen LogP contribution in [0.1, 0.15) is 44.7 Å². The first-order chi connectivity index (χ1) is 9.86. The summed E-state index contributed by atoms with van der Waals surface area (Å²) in [7, 11) is 0. The third-order valence-corrected chi connectivity index (χ3v) is 3.52. The van der Waals surface area contributed by atoms with Crippen LogP contribution in [-0.4, -0.2) is 30.4 Å². The second-order valence-corrected chi connectivity index (χ2v) is 6.57. The summed E-state index contributed by atoms with van der Waals surface area (Å²) >= 11 is 0. The predicted molar refractivity (Wildman–Crippen MR) is 89.0 cm³/mol. The second kappa shape index (κ2) is 9.06. The van der Waals surface area contributed by atoms with Crippen LogP contribution in [0.25, 0.3) is 0 Å². The van der Waals surface area contributed by atoms with Crippen molar-refractivity contribution in [3.8, 4) is 5.75 Å². The van der Waals surface area contributed by atoms with Crippen LogP contribution in [0.15, 0.2) is 18.2 Å². The Bertz CT molecular complexity index is 397. The van der Waals surface area contributed by atoms with Crippen LogP contribution in [0.4, 0.5) is 0 Å². The van der Waals surface area contributed by atoms with Crippen molar-refractivity contribution in [3.05, 3.63) is 29.3 Å². The zero-order valence-corrected chi connectivity index (χ0v) is 14.1. The van der Waals surface area contributed by atoms with Crippen LogP contribution in [0, 0.1) is 19.8 Å². The lowest BCUT2D eigenvalue weighted by atomic mass is 10.0. The van der Waals surface area contributed by atoms with Gasteiger partial charge in [0.2, 0.25) is 0 Å². The summed E-state index contributed by atoms with van der Waals surface area (Å²) in [5.74, 6) is 1.56. The number of aliphatic hydroxyl groups excluding tert-OH is 1. The Hall–Kier alpha value is -1.06. The maximum Gasteiger partial charge on any atom is 0.119 e. The zero-order chi connectivity index (χ0) is 15.8. The molecule has 1 aromatic carbocycles. The monoisotopic (exact) mass is 293 g/mol. The van der Waals surface area contributed by atoms with Gasteiger partial charge in [-0.1, -0.05) is 19.9 Å². The third kappa shape index (κ3) is 8.08. The molecule has 0 saturated carbocycles. The van der Waals surface area contributed by atoms with Crippen LogP contribution in [-0.2, 0) is 0 Å². The first kappa shape index (κ1) is 18.0. The van der Waals surface area contributed by atoms with Crippen LogP contribution in [0.5, 0.6) is 5.75 Å². The summed E-state index contributed by atoms with van der Waals surface area (Å²) in [5.41, 5.74) is 2.36. The largest absolute Gasteiger partial charge is 0.491 e. The molecule has 0 saturated heterocycles. The van der Waals surface area contributed by atoms with Crippen LogP contribution in [0.2, 0.25) is 0 Å². The molecule has 0 amide bonds. The van der Waals surface area contributed by atoms with Crippen molar-refractivity contribution in [1.29, 1.82) is 0 Å². The highest BCUT2D eigenvalue weighted by molar-refractivity contribution is 5.32. The van der Waals surface area contributed by atoms with E-state index in [9.17, 15) is 5.11 Å². The lowest BCUT2D eigenvalue weighted by Gasteiger charge is -2.18. The minimum atomic E-state index is -0.479. The maximum absolute atomic E-state index is 9.99. The molecule has 3 heteroatoms. The summed E-state index contributed by atoms with van der Waals surface area (Å²) in [6, 6.07) is 6.54. The minimum Gasteiger partial charge on any atom is -0.491 e. The smallest absolute Gasteiger partial charge is 0.119 e. The molecule has 0 bridgehead atoms. The van der Waals surface area contributed by atoms with Gasteiger partial charge < -0.3 is 15.2 Å². The Morgan fingerprint density at radius 1 is 1.05 bits per heavy atom. The molecular formula is C18H31NO2. The van der Waals surface area contributed by atoms with Gasteiger partial charge in [0, 0.05) is 12.6 Å². The molecule has 1 rings (SSSR count). The molecule has 2 N–H and O–H groups in total. The molecule has 0 radical (unpaired) electrons. The fourth-order valence-corrected chi connectivity index (χ4v) is 2.29. The van der Waals surface area contributed by atoms with Crippen LogP contribution < -0.4 is 10.1 Å². The SMILES string of the molecule is Cc1cc(C)cc(OCC(O)CNC(C)CCC(C)C)c1. The topological polar surface area (TPSA) is 41.5 Å². The Labute approximate surface area is 129 Å². The highest BCUT2D eigenvalue weighted by Gasteiger charge is 2.09. The van der Waals surface area contributed by atoms with Gasteiger partial charge in [0.1, 0.15) is 18.5 Å². The van der Waals surface area contributed by atoms with Gasteiger partial charge in [-0.3, -0.25) is 0 Å². The third-order valence-electron chi connectivity index (χ3n) is 3.52. The van der Waals surface area contributed by atoms with Gasteiger partial charge in [-0.15, -0.1) is 0 Å². The zero-order valence-electron chi connectivity index (χ0n) is 14.1. The highest BCUT2D eigenvalue weighted by Crippen LogP contribution is 2.16. The van der Waals surface area contributed by atoms with Gasteiger partial charge in [0.05, 0.1) is 0 Å². The Morgan fingerprint density at radius 2 is 1.67 bits per heavy atom. The molecule has 0 heterocycles. The lowest BCUT2D eigenvalue weighted by Crippen LogP contribution is -2.36. The number of benzene rings is 1. The van der Waals surface area contributed by atoms with Crippen molar-refractivity contribution >= 4 is 0 Å². The molecular weight excluding hydrogens is 262 g/mol. The normalized spacial score (nSPS) is 14.2. The van der Waals surface area contributed by atoms with E-state index >= 15 is 0 Å². The molecule has 0 fully saturated rings. The number of ether oxygens (including phenoxy) is 1. The van der Waals surface area contributed by atoms with E-state index in [1.807, 2.05) is 26.0 Å². The van der Waals surface area contributed by atoms with Crippen molar-refractivity contribution in [2.24, 2.45) is 5.92 Å². The quantitative estimate of drug-likeness (QED) is 0.732. The van der Waals surface area contributed by atoms with Gasteiger partial charge in [-0.2, -0.15) is 0 Å². The molecule has 120 valence electrons. The van der Waals surface area contributed by atoms with Gasteiger partial charge in [-0.05, 0) is 62.8 Å². The van der Waals surface area contributed by atoms with Gasteiger partial charge in [0.15, 0.2) is 0 Å². The van der Waals surface area contributed by atoms with E-state index in [-0.39, 0.29) is 0 Å². The van der Waals surface area contributed by atoms with E-state index in [1.165, 1.54) is 17.5 Å². The standard InChI is InChI=1S/C18H31NO2/c1-13(2)6-7-16(5)19-11-17(20)12-21-18-9-14(3)8-15(4)10-18/h8-10,13,16-17,19-20H,6-7,11-12H2,1-5H3. The number of hydrogen-bond acceptors (Lipinski definition) is 3. The number of nitrogens with one attached hydrogen (secondary N) is 1. The summed E-state index contributed by atoms with van der Waals surface area (Å²) in [6.45, 7) is 11.6. The molecule has 0 aliphatic heterocycles. The molecule has 0 aliphatic carbocycles. The number of rotatable bonds is 9. The molecule has 2 unspecified atom stereocenters. The highest BCUT2D eigenvalue weighted by atomic mass is 16.5. The molecule has 1 aromatic rings. The first-order valence-corrected chi connectivity index (χ1v) is 7.99. The van der Waals surface area contributed by atoms with Crippen LogP contribution >= 0.6 is 0 Å². The van der Waals surface area contributed by atoms with E-state index in [4.69, 9.17) is 4.74 Å². The second-order valence-electron chi connectivity index (χ2n) is 6.57. The average molecular weight is 293 g/mol. The number of aliphatic hydroxyl groups is 1. The Balaban J connectivity index is 2.26. The Kier molecular flexibility index (Phi) is 7.76. The summed E-state index contributed by atoms with van der Waals surface area (Å²) in [6.07, 6.45) is 1.87. The van der Waals surface area contributed by atoms with Crippen LogP contribution in [0.3, 0.4) is 0 Å². The predicted octanol–water partition coefficient (Wildman–Crippen LogP) is 3.46. The van der Waals surface area contributed by atoms with E-state index < -0.39 is 6.10 Å². The lowest BCUT2D eigenvalue weighted by molar-refractivity contribution is 0.103. The van der Waals surface area contributed by atoms with Crippen molar-refractivity contribution in [1.82, 2.24) is 5.32 Å². The van der Waals surface area contributed by atoms with Crippen molar-refractivity contribution in [2.75, 3.05) is 13.2 Å². The van der Waals surface area contributed by atoms with E-state index in [0.29, 0.717) is 19.2 Å². The molecule has 21 heavy (non-hydrogen) atoms. The van der Waals surface area contributed by atoms with E-state index in [0.717, 1.165) is 18.1 Å². The number of hydrogen-bond donors (Lipinski definition) is 2. The molecule has 0 aromatic heterocycles. The Morgan fingerprint density at radius 3 is 2.24 bits per heavy atom. The molecule has 0 aliphatic rings. The summed E-state index contributed by atoms with van der Waals surface area (Å²) < 4.78 is 5.67. The minimum absolute atomic E-state index is 0.326. The van der Waals surface area contributed by atoms with Gasteiger partial charge in [0.25, 0.3) is 0 Å².